The second-order valence-corrected chi connectivity index (χ2v) is 4.18. The fourth-order valence-electron chi connectivity index (χ4n) is 0. The third-order valence-corrected chi connectivity index (χ3v) is 0. The van der Waals surface area contributed by atoms with Gasteiger partial charge in [-0.2, -0.15) is 0 Å². The first kappa shape index (κ1) is 17.1. The summed E-state index contributed by atoms with van der Waals surface area (Å²) in [6, 6.07) is -1.17. The van der Waals surface area contributed by atoms with Crippen LogP contribution in [0, 0.1) is 0 Å². The number of amides is 4. The summed E-state index contributed by atoms with van der Waals surface area (Å²) in [6.45, 7) is 0. The van der Waals surface area contributed by atoms with Gasteiger partial charge in [0.25, 0.3) is 0 Å². The Morgan fingerprint density at radius 1 is 0.909 bits per heavy atom. The van der Waals surface area contributed by atoms with Gasteiger partial charge in [-0.05, 0) is 0 Å². The van der Waals surface area contributed by atoms with E-state index in [1.807, 2.05) is 0 Å². The Kier molecular flexibility index (Phi) is 25.5. The van der Waals surface area contributed by atoms with Crippen LogP contribution in [0.4, 0.5) is 0 Å². The third kappa shape index (κ3) is 16300. The van der Waals surface area contributed by atoms with Crippen molar-refractivity contribution >= 4 is 30.9 Å². The number of primary amides is 4. The summed E-state index contributed by atoms with van der Waals surface area (Å²) in [5, 5.41) is 0. The molecule has 0 saturated carbocycles. The molecule has 0 unspecified atom stereocenters. The Morgan fingerprint density at radius 3 is 0.909 bits per heavy atom. The molecule has 0 aliphatic rings. The second-order valence-electron chi connectivity index (χ2n) is 0.895. The molecule has 0 radical (unpaired) electrons. The van der Waals surface area contributed by atoms with E-state index in [0.29, 0.717) is 0 Å². The minimum atomic E-state index is -0.583. The zero-order valence-corrected chi connectivity index (χ0v) is 9.06. The van der Waals surface area contributed by atoms with Gasteiger partial charge in [0.15, 0.2) is 0 Å². The average molecular weight is 388 g/mol. The standard InChI is InChI=1S/2CH4N2O.2ClH.Pt/c2*2-1(3)4;;;/h2*(H4,2,3,4);2*1H;/q;;;;+2. The van der Waals surface area contributed by atoms with Gasteiger partial charge in [0.05, 0.1) is 0 Å². The Labute approximate surface area is 79.9 Å². The predicted octanol–water partition coefficient (Wildman–Crippen LogP) is -1.90. The van der Waals surface area contributed by atoms with E-state index in [-0.39, 0.29) is 0 Å². The van der Waals surface area contributed by atoms with Gasteiger partial charge in [0.1, 0.15) is 0 Å². The number of urea groups is 2. The molecule has 0 aromatic heterocycles. The first-order chi connectivity index (χ1) is 4.88. The molecule has 11 heavy (non-hydrogen) atoms. The number of hydrogen-bond acceptors (Lipinski definition) is 0. The molecular formula is C2H10Cl2N4O2Pt+2. The van der Waals surface area contributed by atoms with Gasteiger partial charge in [-0.15, -0.1) is 0 Å². The van der Waals surface area contributed by atoms with Crippen molar-refractivity contribution in [1.29, 1.82) is 0 Å². The Balaban J connectivity index is -0.0000000886. The summed E-state index contributed by atoms with van der Waals surface area (Å²) in [4.78, 5) is 15.1. The van der Waals surface area contributed by atoms with Crippen molar-refractivity contribution < 1.29 is 26.1 Å². The molecule has 6 nitrogen and oxygen atoms in total. The van der Waals surface area contributed by atoms with Crippen molar-refractivity contribution in [2.24, 2.45) is 22.9 Å². The zero-order chi connectivity index (χ0) is 9.86. The molecule has 0 rings (SSSR count). The maximum absolute atomic E-state index is 7.53. The second kappa shape index (κ2) is 16.4. The number of hydrogen-bond donors (Lipinski definition) is 4. The Bertz CT molecular complexity index is 92.3. The molecule has 0 aliphatic carbocycles. The van der Waals surface area contributed by atoms with E-state index in [1.165, 1.54) is 0 Å². The van der Waals surface area contributed by atoms with Crippen molar-refractivity contribution in [1.82, 2.24) is 0 Å². The van der Waals surface area contributed by atoms with Gasteiger partial charge in [-0.1, -0.05) is 0 Å². The monoisotopic (exact) mass is 387 g/mol. The molecule has 9 heteroatoms. The van der Waals surface area contributed by atoms with E-state index in [9.17, 15) is 0 Å². The first-order valence-electron chi connectivity index (χ1n) is 1.84. The average Bonchev–Trinajstić information content (AvgIpc) is 1.60. The fraction of sp³-hybridized carbons (Fsp3) is 0. The molecular weight excluding hydrogens is 378 g/mol. The van der Waals surface area contributed by atoms with E-state index in [4.69, 9.17) is 28.4 Å². The normalized spacial score (nSPS) is 6.36. The van der Waals surface area contributed by atoms with E-state index >= 15 is 0 Å². The van der Waals surface area contributed by atoms with Crippen LogP contribution in [-0.2, 0) is 16.5 Å². The number of rotatable bonds is 0. The number of halogens is 2. The molecule has 0 aromatic carbocycles. The quantitative estimate of drug-likeness (QED) is 0.344. The minimum absolute atomic E-state index is 0.472. The molecule has 10 N–H and O–H groups in total. The van der Waals surface area contributed by atoms with Crippen LogP contribution < -0.4 is 22.9 Å². The third-order valence-electron chi connectivity index (χ3n) is 0. The van der Waals surface area contributed by atoms with Crippen LogP contribution >= 0.6 is 18.8 Å². The van der Waals surface area contributed by atoms with Crippen LogP contribution in [-0.4, -0.2) is 21.7 Å². The maximum atomic E-state index is 7.53. The van der Waals surface area contributed by atoms with Gasteiger partial charge in [0, 0.05) is 0 Å². The van der Waals surface area contributed by atoms with Crippen LogP contribution in [0.25, 0.3) is 0 Å². The summed E-state index contributed by atoms with van der Waals surface area (Å²) < 4.78 is 0. The number of carbonyl (C=O) groups excluding carboxylic acids is 2. The van der Waals surface area contributed by atoms with Crippen LogP contribution in [0.5, 0.6) is 0 Å². The van der Waals surface area contributed by atoms with Crippen LogP contribution in [0.2, 0.25) is 0 Å². The van der Waals surface area contributed by atoms with Crippen LogP contribution in [0.1, 0.15) is 0 Å². The van der Waals surface area contributed by atoms with Gasteiger partial charge in [-0.25, -0.2) is 9.59 Å². The molecule has 0 atom stereocenters. The van der Waals surface area contributed by atoms with Crippen molar-refractivity contribution in [3.63, 3.8) is 0 Å². The Hall–Kier alpha value is -0.192. The summed E-state index contributed by atoms with van der Waals surface area (Å²) in [6.07, 6.45) is 0. The fourth-order valence-corrected chi connectivity index (χ4v) is 0. The van der Waals surface area contributed by atoms with Gasteiger partial charge in [0.2, 0.25) is 0 Å². The molecule has 0 saturated heterocycles. The number of nitrogens with two attached hydrogens (primary N) is 4. The summed E-state index contributed by atoms with van der Waals surface area (Å²) in [5.41, 5.74) is 17.4. The summed E-state index contributed by atoms with van der Waals surface area (Å²) in [5.74, 6) is 0. The van der Waals surface area contributed by atoms with E-state index in [2.05, 4.69) is 22.9 Å². The topological polar surface area (TPSA) is 147 Å². The molecule has 72 valence electrons. The van der Waals surface area contributed by atoms with Crippen molar-refractivity contribution in [2.75, 3.05) is 0 Å². The van der Waals surface area contributed by atoms with Crippen LogP contribution in [0.15, 0.2) is 0 Å². The summed E-state index contributed by atoms with van der Waals surface area (Å²) >= 11 is -0.472. The first-order valence-corrected chi connectivity index (χ1v) is 7.47. The molecule has 0 bridgehead atoms. The van der Waals surface area contributed by atoms with Crippen molar-refractivity contribution in [3.05, 3.63) is 0 Å². The molecule has 0 spiro atoms. The Morgan fingerprint density at radius 2 is 0.909 bits per heavy atom. The zero-order valence-electron chi connectivity index (χ0n) is 5.28. The molecule has 0 heterocycles. The SMILES string of the molecule is NC(N)=[OH+].NC(N)=[OH+].[Cl][Pt][Cl]. The van der Waals surface area contributed by atoms with Crippen molar-refractivity contribution in [2.45, 2.75) is 0 Å². The van der Waals surface area contributed by atoms with E-state index in [1.54, 1.807) is 0 Å². The molecule has 0 aromatic rings. The van der Waals surface area contributed by atoms with E-state index < -0.39 is 28.5 Å². The molecule has 4 amide bonds. The molecule has 0 fully saturated rings. The van der Waals surface area contributed by atoms with Crippen molar-refractivity contribution in [3.8, 4) is 0 Å². The van der Waals surface area contributed by atoms with Gasteiger partial charge >= 0.3 is 47.4 Å². The van der Waals surface area contributed by atoms with Gasteiger partial charge in [-0.3, -0.25) is 0 Å². The molecule has 0 aliphatic heterocycles. The van der Waals surface area contributed by atoms with Crippen LogP contribution in [0.3, 0.4) is 0 Å². The van der Waals surface area contributed by atoms with E-state index in [0.717, 1.165) is 0 Å². The van der Waals surface area contributed by atoms with Gasteiger partial charge < -0.3 is 22.9 Å². The summed E-state index contributed by atoms with van der Waals surface area (Å²) in [7, 11) is 9.75. The predicted molar refractivity (Wildman–Crippen MR) is 42.3 cm³/mol.